The largest absolute Gasteiger partial charge is 0.423 e. The molecule has 0 radical (unpaired) electrons. The van der Waals surface area contributed by atoms with Gasteiger partial charge in [-0.25, -0.2) is 14.2 Å². The lowest BCUT2D eigenvalue weighted by atomic mass is 10.1. The van der Waals surface area contributed by atoms with E-state index in [9.17, 15) is 14.0 Å². The van der Waals surface area contributed by atoms with Gasteiger partial charge < -0.3 is 4.42 Å². The second kappa shape index (κ2) is 5.93. The van der Waals surface area contributed by atoms with Gasteiger partial charge in [0.1, 0.15) is 11.4 Å². The summed E-state index contributed by atoms with van der Waals surface area (Å²) in [5.41, 5.74) is 0.570. The van der Waals surface area contributed by atoms with Gasteiger partial charge in [-0.05, 0) is 35.9 Å². The predicted octanol–water partition coefficient (Wildman–Crippen LogP) is 3.45. The number of benzene rings is 2. The van der Waals surface area contributed by atoms with Crippen LogP contribution >= 0.6 is 15.9 Å². The number of hydrogen-bond acceptors (Lipinski definition) is 4. The van der Waals surface area contributed by atoms with Gasteiger partial charge in [0, 0.05) is 22.0 Å². The van der Waals surface area contributed by atoms with E-state index in [-0.39, 0.29) is 12.1 Å². The number of halogens is 2. The lowest BCUT2D eigenvalue weighted by molar-refractivity contribution is 0.557. The molecule has 0 aliphatic rings. The fourth-order valence-corrected chi connectivity index (χ4v) is 3.10. The third-order valence-corrected chi connectivity index (χ3v) is 4.41. The highest BCUT2D eigenvalue weighted by molar-refractivity contribution is 9.10. The molecule has 5 nitrogen and oxygen atoms in total. The van der Waals surface area contributed by atoms with Crippen molar-refractivity contribution in [2.24, 2.45) is 0 Å². The first kappa shape index (κ1) is 15.7. The molecule has 2 heterocycles. The average Bonchev–Trinajstić information content (AvgIpc) is 2.56. The van der Waals surface area contributed by atoms with Crippen molar-refractivity contribution in [3.8, 4) is 0 Å². The lowest BCUT2D eigenvalue weighted by Crippen LogP contribution is -2.22. The van der Waals surface area contributed by atoms with Crippen LogP contribution in [0.4, 0.5) is 4.39 Å². The van der Waals surface area contributed by atoms with Crippen molar-refractivity contribution in [1.29, 1.82) is 0 Å². The molecule has 124 valence electrons. The molecule has 0 fully saturated rings. The van der Waals surface area contributed by atoms with Gasteiger partial charge in [-0.2, -0.15) is 0 Å². The van der Waals surface area contributed by atoms with Crippen LogP contribution < -0.4 is 11.2 Å². The van der Waals surface area contributed by atoms with Crippen molar-refractivity contribution >= 4 is 37.8 Å². The summed E-state index contributed by atoms with van der Waals surface area (Å²) in [7, 11) is 0. The number of aromatic nitrogens is 2. The van der Waals surface area contributed by atoms with Gasteiger partial charge >= 0.3 is 5.63 Å². The summed E-state index contributed by atoms with van der Waals surface area (Å²) in [6, 6.07) is 10.5. The highest BCUT2D eigenvalue weighted by Crippen LogP contribution is 2.22. The highest BCUT2D eigenvalue weighted by atomic mass is 79.9. The summed E-state index contributed by atoms with van der Waals surface area (Å²) in [5, 5.41) is 1.05. The van der Waals surface area contributed by atoms with Crippen LogP contribution in [0.2, 0.25) is 0 Å². The Balaban J connectivity index is 1.88. The Kier molecular flexibility index (Phi) is 3.73. The maximum absolute atomic E-state index is 13.3. The van der Waals surface area contributed by atoms with Crippen molar-refractivity contribution in [1.82, 2.24) is 9.55 Å². The molecule has 0 spiro atoms. The van der Waals surface area contributed by atoms with Crippen molar-refractivity contribution in [2.75, 3.05) is 0 Å². The Labute approximate surface area is 148 Å². The van der Waals surface area contributed by atoms with Crippen molar-refractivity contribution < 1.29 is 8.81 Å². The summed E-state index contributed by atoms with van der Waals surface area (Å²) >= 11 is 3.34. The Morgan fingerprint density at radius 2 is 1.88 bits per heavy atom. The van der Waals surface area contributed by atoms with E-state index < -0.39 is 11.4 Å². The van der Waals surface area contributed by atoms with E-state index in [0.29, 0.717) is 22.0 Å². The summed E-state index contributed by atoms with van der Waals surface area (Å²) < 4.78 is 20.6. The van der Waals surface area contributed by atoms with Crippen molar-refractivity contribution in [2.45, 2.75) is 6.54 Å². The van der Waals surface area contributed by atoms with E-state index in [2.05, 4.69) is 20.9 Å². The molecule has 0 N–H and O–H groups in total. The summed E-state index contributed by atoms with van der Waals surface area (Å²) in [6.45, 7) is 0.156. The lowest BCUT2D eigenvalue weighted by Gasteiger charge is -2.09. The minimum atomic E-state index is -0.496. The third-order valence-electron chi connectivity index (χ3n) is 3.92. The second-order valence-corrected chi connectivity index (χ2v) is 6.49. The normalized spacial score (nSPS) is 11.3. The fraction of sp³-hybridized carbons (Fsp3) is 0.0556. The minimum Gasteiger partial charge on any atom is -0.423 e. The van der Waals surface area contributed by atoms with E-state index >= 15 is 0 Å². The van der Waals surface area contributed by atoms with Gasteiger partial charge in [0.2, 0.25) is 0 Å². The van der Waals surface area contributed by atoms with Crippen LogP contribution in [-0.4, -0.2) is 9.55 Å². The molecule has 2 aromatic carbocycles. The molecule has 4 aromatic rings. The standard InChI is InChI=1S/C18H10BrFN2O3/c19-11-1-3-13-10(5-17(23)25-16(13)6-11)8-22-9-21-15-7-12(20)2-4-14(15)18(22)24/h1-7,9H,8H2. The SMILES string of the molecule is O=c1cc(Cn2cnc3cc(F)ccc3c2=O)c2ccc(Br)cc2o1. The molecule has 7 heteroatoms. The summed E-state index contributed by atoms with van der Waals surface area (Å²) in [6.07, 6.45) is 1.35. The van der Waals surface area contributed by atoms with Crippen molar-refractivity contribution in [3.05, 3.63) is 85.4 Å². The van der Waals surface area contributed by atoms with Crippen LogP contribution in [0.5, 0.6) is 0 Å². The van der Waals surface area contributed by atoms with Crippen LogP contribution in [0.1, 0.15) is 5.56 Å². The molecule has 0 aliphatic carbocycles. The fourth-order valence-electron chi connectivity index (χ4n) is 2.76. The van der Waals surface area contributed by atoms with Gasteiger partial charge in [-0.15, -0.1) is 0 Å². The monoisotopic (exact) mass is 400 g/mol. The summed E-state index contributed by atoms with van der Waals surface area (Å²) in [4.78, 5) is 28.6. The molecule has 0 bridgehead atoms. The van der Waals surface area contributed by atoms with Gasteiger partial charge in [0.25, 0.3) is 5.56 Å². The van der Waals surface area contributed by atoms with Gasteiger partial charge in [-0.1, -0.05) is 15.9 Å². The molecule has 0 saturated heterocycles. The number of nitrogens with zero attached hydrogens (tertiary/aromatic N) is 2. The van der Waals surface area contributed by atoms with E-state index in [1.165, 1.54) is 35.2 Å². The molecule has 25 heavy (non-hydrogen) atoms. The number of rotatable bonds is 2. The Bertz CT molecular complexity index is 1250. The highest BCUT2D eigenvalue weighted by Gasteiger charge is 2.10. The third kappa shape index (κ3) is 2.87. The first-order valence-corrected chi connectivity index (χ1v) is 8.17. The van der Waals surface area contributed by atoms with Gasteiger partial charge in [-0.3, -0.25) is 9.36 Å². The van der Waals surface area contributed by atoms with E-state index in [1.54, 1.807) is 6.07 Å². The quantitative estimate of drug-likeness (QED) is 0.483. The molecule has 2 aromatic heterocycles. The van der Waals surface area contributed by atoms with Crippen LogP contribution in [0.25, 0.3) is 21.9 Å². The second-order valence-electron chi connectivity index (χ2n) is 5.57. The Morgan fingerprint density at radius 1 is 1.08 bits per heavy atom. The maximum atomic E-state index is 13.3. The molecular weight excluding hydrogens is 391 g/mol. The van der Waals surface area contributed by atoms with E-state index in [0.717, 1.165) is 9.86 Å². The molecule has 4 rings (SSSR count). The Morgan fingerprint density at radius 3 is 2.72 bits per heavy atom. The average molecular weight is 401 g/mol. The zero-order valence-electron chi connectivity index (χ0n) is 12.7. The number of fused-ring (bicyclic) bond motifs is 2. The van der Waals surface area contributed by atoms with Gasteiger partial charge in [0.05, 0.1) is 23.8 Å². The van der Waals surface area contributed by atoms with Crippen molar-refractivity contribution in [3.63, 3.8) is 0 Å². The van der Waals surface area contributed by atoms with E-state index in [1.807, 2.05) is 12.1 Å². The van der Waals surface area contributed by atoms with E-state index in [4.69, 9.17) is 4.42 Å². The summed E-state index contributed by atoms with van der Waals surface area (Å²) in [5.74, 6) is -0.450. The topological polar surface area (TPSA) is 65.1 Å². The molecule has 0 aliphatic heterocycles. The Hall–Kier alpha value is -2.80. The first-order valence-electron chi connectivity index (χ1n) is 7.38. The molecular formula is C18H10BrFN2O3. The smallest absolute Gasteiger partial charge is 0.336 e. The van der Waals surface area contributed by atoms with Crippen LogP contribution in [0.15, 0.2) is 67.3 Å². The predicted molar refractivity (Wildman–Crippen MR) is 95.2 cm³/mol. The van der Waals surface area contributed by atoms with Gasteiger partial charge in [0.15, 0.2) is 0 Å². The zero-order chi connectivity index (χ0) is 17.6. The van der Waals surface area contributed by atoms with Crippen LogP contribution in [0, 0.1) is 5.82 Å². The molecule has 0 amide bonds. The zero-order valence-corrected chi connectivity index (χ0v) is 14.3. The molecule has 0 unspecified atom stereocenters. The first-order chi connectivity index (χ1) is 12.0. The maximum Gasteiger partial charge on any atom is 0.336 e. The molecule has 0 atom stereocenters. The molecule has 0 saturated carbocycles. The number of hydrogen-bond donors (Lipinski definition) is 0. The minimum absolute atomic E-state index is 0.156. The van der Waals surface area contributed by atoms with Crippen LogP contribution in [-0.2, 0) is 6.54 Å². The van der Waals surface area contributed by atoms with Crippen LogP contribution in [0.3, 0.4) is 0 Å².